The van der Waals surface area contributed by atoms with E-state index in [0.29, 0.717) is 58.1 Å². The number of methoxy groups -OCH3 is 2. The van der Waals surface area contributed by atoms with Gasteiger partial charge in [-0.3, -0.25) is 43.6 Å². The maximum atomic E-state index is 13.3. The Balaban J connectivity index is 0.000000129. The SMILES string of the molecule is CC(C)N(CC1CCCCC1)C(=O)c1cc2ccccc2[nH]1.COc1ccc(CN2CCC(CNC(=O)c3cc4ccccc4[nH]3)CC2)cc1.COc1ccccc1CN1CCC(CNC(=O)c2cc3ccccc3[nH]2)CC1.Cc1ccc(CN2CCC(CNC(=O)c3cc4ccccc4[nH]3)CC2)cc1.Cc1cccc(CN2CCC(CN(C(=O)c3cc4ccccc4[nH]3)C(C)C)CC2)c1. The van der Waals surface area contributed by atoms with Crippen molar-refractivity contribution in [2.75, 3.05) is 99.3 Å². The molecule has 0 atom stereocenters. The third-order valence-electron chi connectivity index (χ3n) is 27.9. The molecule has 0 bridgehead atoms. The summed E-state index contributed by atoms with van der Waals surface area (Å²) in [5.41, 5.74) is 16.3. The van der Waals surface area contributed by atoms with Gasteiger partial charge >= 0.3 is 0 Å². The smallest absolute Gasteiger partial charge is 0.270 e. The number of aromatic amines is 5. The molecule has 708 valence electrons. The lowest BCUT2D eigenvalue weighted by Gasteiger charge is -2.36. The predicted octanol–water partition coefficient (Wildman–Crippen LogP) is 21.6. The van der Waals surface area contributed by atoms with E-state index in [1.807, 2.05) is 186 Å². The predicted molar refractivity (Wildman–Crippen MR) is 548 cm³/mol. The molecule has 9 heterocycles. The van der Waals surface area contributed by atoms with E-state index in [0.717, 1.165) is 229 Å². The third-order valence-corrected chi connectivity index (χ3v) is 27.9. The number of nitrogens with zero attached hydrogens (tertiary/aromatic N) is 6. The minimum Gasteiger partial charge on any atom is -0.497 e. The molecule has 5 fully saturated rings. The van der Waals surface area contributed by atoms with Crippen molar-refractivity contribution in [3.05, 3.63) is 311 Å². The molecule has 135 heavy (non-hydrogen) atoms. The van der Waals surface area contributed by atoms with Gasteiger partial charge in [-0.15, -0.1) is 0 Å². The minimum absolute atomic E-state index is 0.00622. The van der Waals surface area contributed by atoms with Crippen molar-refractivity contribution in [3.8, 4) is 11.5 Å². The number of para-hydroxylation sites is 6. The van der Waals surface area contributed by atoms with Crippen LogP contribution in [0.15, 0.2) is 249 Å². The van der Waals surface area contributed by atoms with Crippen molar-refractivity contribution in [2.24, 2.45) is 29.6 Å². The van der Waals surface area contributed by atoms with Gasteiger partial charge in [-0.2, -0.15) is 0 Å². The molecule has 5 amide bonds. The number of aryl methyl sites for hydroxylation is 2. The van der Waals surface area contributed by atoms with Crippen LogP contribution in [-0.2, 0) is 26.2 Å². The number of likely N-dealkylation sites (tertiary alicyclic amines) is 4. The monoisotopic (exact) mass is 1820 g/mol. The highest BCUT2D eigenvalue weighted by atomic mass is 16.5. The molecule has 0 radical (unpaired) electrons. The number of aromatic nitrogens is 5. The minimum atomic E-state index is -0.0207. The van der Waals surface area contributed by atoms with Crippen LogP contribution in [0.1, 0.15) is 197 Å². The van der Waals surface area contributed by atoms with Crippen molar-refractivity contribution in [2.45, 2.75) is 163 Å². The lowest BCUT2D eigenvalue weighted by Crippen LogP contribution is -2.43. The largest absolute Gasteiger partial charge is 0.497 e. The second-order valence-corrected chi connectivity index (χ2v) is 38.6. The molecule has 4 saturated heterocycles. The van der Waals surface area contributed by atoms with Gasteiger partial charge in [0.25, 0.3) is 29.5 Å². The number of piperidine rings is 4. The van der Waals surface area contributed by atoms with Gasteiger partial charge in [0, 0.05) is 131 Å². The van der Waals surface area contributed by atoms with Crippen LogP contribution in [0.3, 0.4) is 0 Å². The van der Waals surface area contributed by atoms with Gasteiger partial charge in [0.1, 0.15) is 40.0 Å². The van der Waals surface area contributed by atoms with Crippen molar-refractivity contribution in [3.63, 3.8) is 0 Å². The second kappa shape index (κ2) is 48.1. The normalized spacial score (nSPS) is 15.8. The summed E-state index contributed by atoms with van der Waals surface area (Å²) in [6, 6.07) is 84.3. The lowest BCUT2D eigenvalue weighted by molar-refractivity contribution is 0.0618. The van der Waals surface area contributed by atoms with Gasteiger partial charge in [0.2, 0.25) is 0 Å². The fourth-order valence-electron chi connectivity index (χ4n) is 19.7. The number of carbonyl (C=O) groups excluding carboxylic acids is 5. The zero-order valence-corrected chi connectivity index (χ0v) is 80.5. The van der Waals surface area contributed by atoms with Gasteiger partial charge in [-0.25, -0.2) is 0 Å². The molecule has 21 heteroatoms. The molecule has 21 nitrogen and oxygen atoms in total. The van der Waals surface area contributed by atoms with Gasteiger partial charge in [0.05, 0.1) is 14.2 Å². The molecular weight excluding hydrogens is 1680 g/mol. The lowest BCUT2D eigenvalue weighted by atomic mass is 9.88. The summed E-state index contributed by atoms with van der Waals surface area (Å²) >= 11 is 0. The maximum absolute atomic E-state index is 13.3. The first-order valence-corrected chi connectivity index (χ1v) is 49.4. The number of nitrogens with one attached hydrogen (secondary N) is 8. The summed E-state index contributed by atoms with van der Waals surface area (Å²) in [7, 11) is 3.41. The van der Waals surface area contributed by atoms with E-state index in [-0.39, 0.29) is 41.6 Å². The fraction of sp³-hybridized carbons (Fsp3) is 0.395. The van der Waals surface area contributed by atoms with Crippen molar-refractivity contribution >= 4 is 84.1 Å². The number of hydrogen-bond acceptors (Lipinski definition) is 11. The highest BCUT2D eigenvalue weighted by Gasteiger charge is 2.31. The molecule has 1 saturated carbocycles. The van der Waals surface area contributed by atoms with E-state index in [1.54, 1.807) is 14.2 Å². The van der Waals surface area contributed by atoms with Crippen LogP contribution in [0.5, 0.6) is 11.5 Å². The number of H-pyrrole nitrogens is 5. The summed E-state index contributed by atoms with van der Waals surface area (Å²) in [5.74, 6) is 4.93. The molecule has 4 aliphatic heterocycles. The van der Waals surface area contributed by atoms with E-state index >= 15 is 0 Å². The van der Waals surface area contributed by atoms with E-state index in [2.05, 4.69) is 175 Å². The van der Waals surface area contributed by atoms with E-state index < -0.39 is 0 Å². The Morgan fingerprint density at radius 3 is 1.01 bits per heavy atom. The highest BCUT2D eigenvalue weighted by Crippen LogP contribution is 2.31. The summed E-state index contributed by atoms with van der Waals surface area (Å²) in [6.07, 6.45) is 15.5. The fourth-order valence-corrected chi connectivity index (χ4v) is 19.7. The number of rotatable bonds is 27. The van der Waals surface area contributed by atoms with Crippen molar-refractivity contribution < 1.29 is 33.4 Å². The number of benzene rings is 9. The zero-order chi connectivity index (χ0) is 93.9. The summed E-state index contributed by atoms with van der Waals surface area (Å²) in [4.78, 5) is 93.8. The van der Waals surface area contributed by atoms with E-state index in [9.17, 15) is 24.0 Å². The third kappa shape index (κ3) is 27.6. The average molecular weight is 1820 g/mol. The maximum Gasteiger partial charge on any atom is 0.270 e. The van der Waals surface area contributed by atoms with Crippen LogP contribution in [0.2, 0.25) is 0 Å². The van der Waals surface area contributed by atoms with Gasteiger partial charge < -0.3 is 60.1 Å². The van der Waals surface area contributed by atoms with Crippen LogP contribution in [0.4, 0.5) is 0 Å². The molecule has 8 N–H and O–H groups in total. The first-order chi connectivity index (χ1) is 65.7. The summed E-state index contributed by atoms with van der Waals surface area (Å²) in [6.45, 7) is 29.3. The molecular formula is C114H140N14O7. The molecule has 0 spiro atoms. The van der Waals surface area contributed by atoms with Crippen LogP contribution < -0.4 is 25.4 Å². The van der Waals surface area contributed by atoms with Crippen molar-refractivity contribution in [1.29, 1.82) is 0 Å². The molecule has 1 aliphatic carbocycles. The molecule has 5 aromatic heterocycles. The Bertz CT molecular complexity index is 5960. The number of amides is 5. The summed E-state index contributed by atoms with van der Waals surface area (Å²) < 4.78 is 10.7. The quantitative estimate of drug-likeness (QED) is 0.0241. The van der Waals surface area contributed by atoms with Crippen molar-refractivity contribution in [1.82, 2.24) is 70.3 Å². The van der Waals surface area contributed by atoms with Crippen LogP contribution in [0, 0.1) is 43.4 Å². The van der Waals surface area contributed by atoms with Crippen LogP contribution >= 0.6 is 0 Å². The molecule has 14 aromatic rings. The van der Waals surface area contributed by atoms with Crippen LogP contribution in [0.25, 0.3) is 54.5 Å². The molecule has 9 aromatic carbocycles. The molecule has 0 unspecified atom stereocenters. The molecule has 5 aliphatic rings. The van der Waals surface area contributed by atoms with Crippen LogP contribution in [-0.4, -0.2) is 195 Å². The first kappa shape index (κ1) is 97.0. The Morgan fingerprint density at radius 2 is 0.652 bits per heavy atom. The van der Waals surface area contributed by atoms with Gasteiger partial charge in [-0.05, 0) is 283 Å². The second-order valence-electron chi connectivity index (χ2n) is 38.6. The zero-order valence-electron chi connectivity index (χ0n) is 80.5. The Kier molecular flexibility index (Phi) is 34.6. The van der Waals surface area contributed by atoms with Gasteiger partial charge in [-0.1, -0.05) is 200 Å². The topological polar surface area (TPSA) is 238 Å². The highest BCUT2D eigenvalue weighted by molar-refractivity contribution is 6.01. The molecule has 19 rings (SSSR count). The van der Waals surface area contributed by atoms with E-state index in [1.165, 1.54) is 65.5 Å². The standard InChI is InChI=1S/C26H33N3O.2C23H27N3O2.C23H27N3O.C19H26N2O/c1-19(2)29(26(30)25-16-23-9-4-5-10-24(23)27-25)18-21-11-13-28(14-12-21)17-22-8-6-7-20(3)15-22;1-28-22-9-5-3-7-19(22)16-26-12-10-17(11-13-26)15-24-23(27)21-14-18-6-2-4-8-20(18)25-21;1-28-20-8-6-18(7-9-20)16-26-12-10-17(11-13-26)15-24-23(27)22-14-19-4-2-3-5-21(19)25-22;1-17-6-8-19(9-7-17)16-26-12-10-18(11-13-26)15-24-23(27)22-14-20-4-2-3-5-21(20)25-22;1-14(2)21(13-15-8-4-3-5-9-15)19(22)18-12-16-10-6-7-11-17(16)20-18/h4-10,15-16,19,21,27H,11-14,17-18H2,1-3H3;2*2-9,14,17,25H,10-13,15-16H2,1H3,(H,24,27);2-9,14,18,25H,10-13,15-16H2,1H3,(H,24,27);6-7,10-12,14-15,20H,3-5,8-9,13H2,1-2H3. The Morgan fingerprint density at radius 1 is 0.326 bits per heavy atom. The number of ether oxygens (including phenoxy) is 2. The van der Waals surface area contributed by atoms with E-state index in [4.69, 9.17) is 9.47 Å². The summed E-state index contributed by atoms with van der Waals surface area (Å²) in [5, 5.41) is 14.7. The number of hydrogen-bond donors (Lipinski definition) is 8. The first-order valence-electron chi connectivity index (χ1n) is 49.4. The Labute approximate surface area is 797 Å². The average Bonchev–Trinajstić information content (AvgIpc) is 1.42. The van der Waals surface area contributed by atoms with Gasteiger partial charge in [0.15, 0.2) is 0 Å². The number of fused-ring (bicyclic) bond motifs is 5. The number of carbonyl (C=O) groups is 5. The Hall–Kier alpha value is -12.5.